The minimum atomic E-state index is -0.209. The zero-order valence-electron chi connectivity index (χ0n) is 11.3. The van der Waals surface area contributed by atoms with Gasteiger partial charge in [-0.2, -0.15) is 0 Å². The molecule has 0 unspecified atom stereocenters. The van der Waals surface area contributed by atoms with Gasteiger partial charge in [0.25, 0.3) is 0 Å². The van der Waals surface area contributed by atoms with Crippen molar-refractivity contribution in [3.05, 3.63) is 11.9 Å². The van der Waals surface area contributed by atoms with Gasteiger partial charge in [0.1, 0.15) is 18.0 Å². The van der Waals surface area contributed by atoms with Gasteiger partial charge in [0.15, 0.2) is 0 Å². The molecule has 1 aromatic heterocycles. The van der Waals surface area contributed by atoms with Crippen LogP contribution in [0.3, 0.4) is 0 Å². The summed E-state index contributed by atoms with van der Waals surface area (Å²) in [5.41, 5.74) is 12.1. The molecular formula is C13H21N5O. The van der Waals surface area contributed by atoms with Crippen LogP contribution in [0.1, 0.15) is 31.7 Å². The molecule has 2 rings (SSSR count). The van der Waals surface area contributed by atoms with E-state index in [1.807, 2.05) is 0 Å². The lowest BCUT2D eigenvalue weighted by Crippen LogP contribution is -2.36. The van der Waals surface area contributed by atoms with Crippen molar-refractivity contribution < 1.29 is 4.79 Å². The van der Waals surface area contributed by atoms with Crippen LogP contribution in [0.15, 0.2) is 6.33 Å². The number of aromatic nitrogens is 2. The first-order valence-electron chi connectivity index (χ1n) is 6.74. The Hall–Kier alpha value is -1.85. The molecule has 1 fully saturated rings. The molecule has 6 nitrogen and oxygen atoms in total. The van der Waals surface area contributed by atoms with E-state index in [1.165, 1.54) is 6.33 Å². The molecule has 1 aliphatic heterocycles. The minimum absolute atomic E-state index is 0.209. The Balaban J connectivity index is 2.05. The third-order valence-electron chi connectivity index (χ3n) is 3.71. The van der Waals surface area contributed by atoms with Gasteiger partial charge < -0.3 is 16.4 Å². The smallest absolute Gasteiger partial charge is 0.217 e. The quantitative estimate of drug-likeness (QED) is 0.833. The normalized spacial score (nSPS) is 16.6. The zero-order valence-corrected chi connectivity index (χ0v) is 11.3. The number of primary amides is 1. The lowest BCUT2D eigenvalue weighted by molar-refractivity contribution is -0.119. The lowest BCUT2D eigenvalue weighted by atomic mass is 9.93. The van der Waals surface area contributed by atoms with Crippen molar-refractivity contribution in [1.29, 1.82) is 0 Å². The minimum Gasteiger partial charge on any atom is -0.383 e. The van der Waals surface area contributed by atoms with Gasteiger partial charge in [-0.15, -0.1) is 0 Å². The van der Waals surface area contributed by atoms with E-state index in [1.54, 1.807) is 0 Å². The van der Waals surface area contributed by atoms with Crippen molar-refractivity contribution in [3.8, 4) is 0 Å². The van der Waals surface area contributed by atoms with Crippen LogP contribution in [0.5, 0.6) is 0 Å². The fraction of sp³-hybridized carbons (Fsp3) is 0.615. The summed E-state index contributed by atoms with van der Waals surface area (Å²) in [5.74, 6) is 1.69. The van der Waals surface area contributed by atoms with Gasteiger partial charge in [-0.3, -0.25) is 4.79 Å². The molecule has 6 heteroatoms. The molecule has 0 saturated carbocycles. The van der Waals surface area contributed by atoms with Crippen LogP contribution in [0.2, 0.25) is 0 Å². The molecule has 0 spiro atoms. The summed E-state index contributed by atoms with van der Waals surface area (Å²) in [6, 6.07) is 0. The first kappa shape index (κ1) is 13.6. The van der Waals surface area contributed by atoms with Gasteiger partial charge in [0.2, 0.25) is 5.91 Å². The highest BCUT2D eigenvalue weighted by Crippen LogP contribution is 2.27. The van der Waals surface area contributed by atoms with Crippen LogP contribution in [0, 0.1) is 5.92 Å². The van der Waals surface area contributed by atoms with Gasteiger partial charge in [-0.1, -0.05) is 6.92 Å². The van der Waals surface area contributed by atoms with E-state index in [-0.39, 0.29) is 5.91 Å². The van der Waals surface area contributed by atoms with E-state index in [2.05, 4.69) is 21.8 Å². The molecule has 1 aliphatic rings. The number of amides is 1. The van der Waals surface area contributed by atoms with E-state index < -0.39 is 0 Å². The second-order valence-corrected chi connectivity index (χ2v) is 5.02. The molecule has 19 heavy (non-hydrogen) atoms. The third-order valence-corrected chi connectivity index (χ3v) is 3.71. The molecule has 0 aliphatic carbocycles. The fourth-order valence-corrected chi connectivity index (χ4v) is 2.66. The first-order chi connectivity index (χ1) is 9.11. The van der Waals surface area contributed by atoms with E-state index in [9.17, 15) is 4.79 Å². The molecular weight excluding hydrogens is 242 g/mol. The second kappa shape index (κ2) is 5.86. The maximum Gasteiger partial charge on any atom is 0.217 e. The summed E-state index contributed by atoms with van der Waals surface area (Å²) in [6.07, 6.45) is 4.76. The van der Waals surface area contributed by atoms with Crippen molar-refractivity contribution in [2.45, 2.75) is 32.6 Å². The summed E-state index contributed by atoms with van der Waals surface area (Å²) in [7, 11) is 0. The number of hydrogen-bond donors (Lipinski definition) is 2. The molecule has 1 aromatic rings. The molecule has 0 aromatic carbocycles. The van der Waals surface area contributed by atoms with Crippen LogP contribution < -0.4 is 16.4 Å². The number of carbonyl (C=O) groups is 1. The average molecular weight is 263 g/mol. The fourth-order valence-electron chi connectivity index (χ4n) is 2.66. The molecule has 0 atom stereocenters. The Morgan fingerprint density at radius 1 is 1.42 bits per heavy atom. The molecule has 4 N–H and O–H groups in total. The number of carbonyl (C=O) groups excluding carboxylic acids is 1. The highest BCUT2D eigenvalue weighted by molar-refractivity contribution is 5.74. The maximum atomic E-state index is 10.9. The van der Waals surface area contributed by atoms with Crippen LogP contribution in [-0.4, -0.2) is 29.0 Å². The predicted octanol–water partition coefficient (Wildman–Crippen LogP) is 0.713. The number of rotatable bonds is 4. The van der Waals surface area contributed by atoms with Gasteiger partial charge >= 0.3 is 0 Å². The molecule has 2 heterocycles. The highest BCUT2D eigenvalue weighted by Gasteiger charge is 2.23. The van der Waals surface area contributed by atoms with Crippen LogP contribution >= 0.6 is 0 Å². The second-order valence-electron chi connectivity index (χ2n) is 5.02. The summed E-state index contributed by atoms with van der Waals surface area (Å²) < 4.78 is 0. The summed E-state index contributed by atoms with van der Waals surface area (Å²) >= 11 is 0. The summed E-state index contributed by atoms with van der Waals surface area (Å²) in [5, 5.41) is 0. The van der Waals surface area contributed by atoms with Crippen molar-refractivity contribution >= 4 is 17.5 Å². The van der Waals surface area contributed by atoms with Crippen LogP contribution in [0.4, 0.5) is 11.6 Å². The van der Waals surface area contributed by atoms with E-state index in [0.717, 1.165) is 43.7 Å². The molecule has 1 amide bonds. The topological polar surface area (TPSA) is 98.1 Å². The number of nitrogens with zero attached hydrogens (tertiary/aromatic N) is 3. The highest BCUT2D eigenvalue weighted by atomic mass is 16.1. The lowest BCUT2D eigenvalue weighted by Gasteiger charge is -2.33. The standard InChI is InChI=1S/C13H21N5O/c1-2-10-12(15)16-8-17-13(10)18-5-3-9(4-6-18)7-11(14)19/h8-9H,2-7H2,1H3,(H2,14,19)(H2,15,16,17). The number of nitrogens with two attached hydrogens (primary N) is 2. The third kappa shape index (κ3) is 3.13. The average Bonchev–Trinajstić information content (AvgIpc) is 2.38. The van der Waals surface area contributed by atoms with Crippen molar-refractivity contribution in [2.75, 3.05) is 23.7 Å². The van der Waals surface area contributed by atoms with E-state index in [0.29, 0.717) is 18.2 Å². The number of piperidine rings is 1. The Labute approximate surface area is 113 Å². The largest absolute Gasteiger partial charge is 0.383 e. The Morgan fingerprint density at radius 2 is 2.11 bits per heavy atom. The Kier molecular flexibility index (Phi) is 4.19. The molecule has 104 valence electrons. The van der Waals surface area contributed by atoms with E-state index in [4.69, 9.17) is 11.5 Å². The first-order valence-corrected chi connectivity index (χ1v) is 6.74. The van der Waals surface area contributed by atoms with Gasteiger partial charge in [0, 0.05) is 25.1 Å². The van der Waals surface area contributed by atoms with Crippen molar-refractivity contribution in [3.63, 3.8) is 0 Å². The Morgan fingerprint density at radius 3 is 2.68 bits per heavy atom. The number of hydrogen-bond acceptors (Lipinski definition) is 5. The SMILES string of the molecule is CCc1c(N)ncnc1N1CCC(CC(N)=O)CC1. The zero-order chi connectivity index (χ0) is 13.8. The van der Waals surface area contributed by atoms with Crippen LogP contribution in [-0.2, 0) is 11.2 Å². The summed E-state index contributed by atoms with van der Waals surface area (Å²) in [6.45, 7) is 3.83. The van der Waals surface area contributed by atoms with Crippen molar-refractivity contribution in [1.82, 2.24) is 9.97 Å². The predicted molar refractivity (Wildman–Crippen MR) is 74.6 cm³/mol. The van der Waals surface area contributed by atoms with Crippen molar-refractivity contribution in [2.24, 2.45) is 11.7 Å². The van der Waals surface area contributed by atoms with Gasteiger partial charge in [-0.25, -0.2) is 9.97 Å². The number of anilines is 2. The Bertz CT molecular complexity index is 454. The molecule has 0 bridgehead atoms. The molecule has 1 saturated heterocycles. The molecule has 0 radical (unpaired) electrons. The van der Waals surface area contributed by atoms with Crippen LogP contribution in [0.25, 0.3) is 0 Å². The maximum absolute atomic E-state index is 10.9. The monoisotopic (exact) mass is 263 g/mol. The van der Waals surface area contributed by atoms with Gasteiger partial charge in [-0.05, 0) is 25.2 Å². The van der Waals surface area contributed by atoms with Gasteiger partial charge in [0.05, 0.1) is 0 Å². The summed E-state index contributed by atoms with van der Waals surface area (Å²) in [4.78, 5) is 21.6. The van der Waals surface area contributed by atoms with E-state index >= 15 is 0 Å². The number of nitrogen functional groups attached to an aromatic ring is 1.